The van der Waals surface area contributed by atoms with Gasteiger partial charge in [0.2, 0.25) is 5.90 Å². The minimum Gasteiger partial charge on any atom is -0.497 e. The molecule has 2 heterocycles. The zero-order chi connectivity index (χ0) is 29.9. The molecule has 3 aromatic carbocycles. The van der Waals surface area contributed by atoms with Crippen LogP contribution in [0.5, 0.6) is 5.75 Å². The Hall–Kier alpha value is -3.99. The van der Waals surface area contributed by atoms with Crippen LogP contribution in [0.1, 0.15) is 40.9 Å². The van der Waals surface area contributed by atoms with Crippen LogP contribution in [-0.4, -0.2) is 53.0 Å². The number of nitrogens with zero attached hydrogens (tertiary/aromatic N) is 3. The van der Waals surface area contributed by atoms with Gasteiger partial charge in [-0.05, 0) is 74.4 Å². The fourth-order valence-electron chi connectivity index (χ4n) is 4.65. The number of thioether (sulfide) groups is 1. The maximum atomic E-state index is 13.2. The lowest BCUT2D eigenvalue weighted by atomic mass is 10.1. The minimum absolute atomic E-state index is 0.200. The van der Waals surface area contributed by atoms with Crippen LogP contribution in [0, 0.1) is 0 Å². The largest absolute Gasteiger partial charge is 0.497 e. The van der Waals surface area contributed by atoms with Crippen LogP contribution >= 0.6 is 11.8 Å². The Labute approximate surface area is 245 Å². The number of benzene rings is 3. The van der Waals surface area contributed by atoms with Crippen molar-refractivity contribution in [3.05, 3.63) is 89.0 Å². The standard InChI is InChI=1S/C31H30F3N3O4S/c1-4-40-29(38)22-10-13-27-25(17-22)36-30(37(27)15-14-20-8-11-24(39-3)12-9-20)42-18-26-19(2)41-28(35-26)21-6-5-7-23(16-21)31(32,33)34/h5-13,16-17,19,26H,4,14-15,18H2,1-3H3/t19-,26+/m1/s1. The molecule has 11 heteroatoms. The predicted molar refractivity (Wildman–Crippen MR) is 155 cm³/mol. The van der Waals surface area contributed by atoms with Crippen molar-refractivity contribution in [3.63, 3.8) is 0 Å². The molecule has 0 radical (unpaired) electrons. The lowest BCUT2D eigenvalue weighted by Crippen LogP contribution is -2.21. The van der Waals surface area contributed by atoms with E-state index in [9.17, 15) is 18.0 Å². The number of aromatic nitrogens is 2. The maximum absolute atomic E-state index is 13.2. The number of esters is 1. The zero-order valence-corrected chi connectivity index (χ0v) is 24.2. The molecule has 0 fully saturated rings. The van der Waals surface area contributed by atoms with Crippen LogP contribution in [0.15, 0.2) is 76.9 Å². The first-order chi connectivity index (χ1) is 20.2. The van der Waals surface area contributed by atoms with Crippen molar-refractivity contribution in [2.75, 3.05) is 19.5 Å². The maximum Gasteiger partial charge on any atom is 0.416 e. The van der Waals surface area contributed by atoms with E-state index >= 15 is 0 Å². The van der Waals surface area contributed by atoms with Crippen LogP contribution in [-0.2, 0) is 28.6 Å². The van der Waals surface area contributed by atoms with Gasteiger partial charge in [0.1, 0.15) is 11.9 Å². The highest BCUT2D eigenvalue weighted by Gasteiger charge is 2.33. The monoisotopic (exact) mass is 597 g/mol. The Bertz CT molecular complexity index is 1600. The van der Waals surface area contributed by atoms with Gasteiger partial charge in [-0.1, -0.05) is 30.0 Å². The molecule has 0 saturated heterocycles. The van der Waals surface area contributed by atoms with Gasteiger partial charge in [-0.15, -0.1) is 0 Å². The van der Waals surface area contributed by atoms with Gasteiger partial charge >= 0.3 is 12.1 Å². The van der Waals surface area contributed by atoms with E-state index in [1.807, 2.05) is 37.3 Å². The number of aryl methyl sites for hydroxylation is 2. The Morgan fingerprint density at radius 1 is 1.10 bits per heavy atom. The molecular weight excluding hydrogens is 567 g/mol. The van der Waals surface area contributed by atoms with Gasteiger partial charge in [-0.3, -0.25) is 0 Å². The zero-order valence-electron chi connectivity index (χ0n) is 23.4. The molecule has 2 atom stereocenters. The van der Waals surface area contributed by atoms with Crippen molar-refractivity contribution in [2.24, 2.45) is 4.99 Å². The van der Waals surface area contributed by atoms with Crippen molar-refractivity contribution in [1.82, 2.24) is 9.55 Å². The first kappa shape index (κ1) is 29.5. The van der Waals surface area contributed by atoms with E-state index in [1.54, 1.807) is 32.2 Å². The van der Waals surface area contributed by atoms with Crippen LogP contribution in [0.4, 0.5) is 13.2 Å². The highest BCUT2D eigenvalue weighted by molar-refractivity contribution is 7.99. The van der Waals surface area contributed by atoms with E-state index in [1.165, 1.54) is 17.8 Å². The third kappa shape index (κ3) is 6.56. The third-order valence-corrected chi connectivity index (χ3v) is 8.03. The molecule has 0 N–H and O–H groups in total. The summed E-state index contributed by atoms with van der Waals surface area (Å²) in [6.07, 6.45) is -4.04. The summed E-state index contributed by atoms with van der Waals surface area (Å²) >= 11 is 1.49. The van der Waals surface area contributed by atoms with Crippen molar-refractivity contribution in [1.29, 1.82) is 0 Å². The SMILES string of the molecule is CCOC(=O)c1ccc2c(c1)nc(SC[C@@H]1N=C(c3cccc(C(F)(F)F)c3)O[C@@H]1C)n2CCc1ccc(OC)cc1. The number of carbonyl (C=O) groups excluding carboxylic acids is 1. The van der Waals surface area contributed by atoms with Gasteiger partial charge < -0.3 is 18.8 Å². The number of alkyl halides is 3. The lowest BCUT2D eigenvalue weighted by molar-refractivity contribution is -0.137. The Balaban J connectivity index is 1.39. The molecule has 1 aliphatic rings. The lowest BCUT2D eigenvalue weighted by Gasteiger charge is -2.13. The molecule has 0 saturated carbocycles. The minimum atomic E-state index is -4.45. The first-order valence-electron chi connectivity index (χ1n) is 13.5. The molecule has 0 amide bonds. The van der Waals surface area contributed by atoms with Crippen molar-refractivity contribution >= 4 is 34.7 Å². The summed E-state index contributed by atoms with van der Waals surface area (Å²) in [5.74, 6) is 1.08. The molecule has 0 unspecified atom stereocenters. The summed E-state index contributed by atoms with van der Waals surface area (Å²) in [6.45, 7) is 4.53. The molecule has 1 aliphatic heterocycles. The van der Waals surface area contributed by atoms with Crippen molar-refractivity contribution in [2.45, 2.75) is 50.3 Å². The van der Waals surface area contributed by atoms with Gasteiger partial charge in [0.25, 0.3) is 0 Å². The summed E-state index contributed by atoms with van der Waals surface area (Å²) in [7, 11) is 1.63. The first-order valence-corrected chi connectivity index (χ1v) is 14.5. The van der Waals surface area contributed by atoms with Crippen LogP contribution in [0.25, 0.3) is 11.0 Å². The van der Waals surface area contributed by atoms with Crippen LogP contribution in [0.2, 0.25) is 0 Å². The number of hydrogen-bond acceptors (Lipinski definition) is 7. The molecule has 0 spiro atoms. The summed E-state index contributed by atoms with van der Waals surface area (Å²) in [6, 6.07) is 17.9. The molecule has 4 aromatic rings. The molecule has 5 rings (SSSR count). The number of rotatable bonds is 10. The number of fused-ring (bicyclic) bond motifs is 1. The highest BCUT2D eigenvalue weighted by Crippen LogP contribution is 2.32. The van der Waals surface area contributed by atoms with Gasteiger partial charge in [0.05, 0.1) is 41.9 Å². The number of halogens is 3. The second-order valence-corrected chi connectivity index (χ2v) is 10.8. The van der Waals surface area contributed by atoms with E-state index in [2.05, 4.69) is 9.56 Å². The Kier molecular flexibility index (Phi) is 8.77. The average Bonchev–Trinajstić information content (AvgIpc) is 3.53. The second-order valence-electron chi connectivity index (χ2n) is 9.78. The quantitative estimate of drug-likeness (QED) is 0.148. The van der Waals surface area contributed by atoms with Gasteiger partial charge in [0.15, 0.2) is 5.16 Å². The van der Waals surface area contributed by atoms with E-state index in [-0.39, 0.29) is 24.7 Å². The fraction of sp³-hybridized carbons (Fsp3) is 0.323. The Morgan fingerprint density at radius 2 is 1.88 bits per heavy atom. The molecule has 7 nitrogen and oxygen atoms in total. The molecule has 42 heavy (non-hydrogen) atoms. The second kappa shape index (κ2) is 12.5. The fourth-order valence-corrected chi connectivity index (χ4v) is 5.83. The normalized spacial score (nSPS) is 16.8. The smallest absolute Gasteiger partial charge is 0.416 e. The van der Waals surface area contributed by atoms with Gasteiger partial charge in [-0.2, -0.15) is 13.2 Å². The summed E-state index contributed by atoms with van der Waals surface area (Å²) in [5, 5.41) is 0.745. The number of imidazole rings is 1. The van der Waals surface area contributed by atoms with E-state index in [0.717, 1.165) is 40.5 Å². The molecular formula is C31H30F3N3O4S. The molecule has 0 bridgehead atoms. The van der Waals surface area contributed by atoms with Gasteiger partial charge in [0, 0.05) is 17.9 Å². The number of ether oxygens (including phenoxy) is 3. The topological polar surface area (TPSA) is 74.9 Å². The third-order valence-electron chi connectivity index (χ3n) is 6.95. The Morgan fingerprint density at radius 3 is 2.60 bits per heavy atom. The number of hydrogen-bond donors (Lipinski definition) is 0. The van der Waals surface area contributed by atoms with Crippen molar-refractivity contribution in [3.8, 4) is 5.75 Å². The average molecular weight is 598 g/mol. The van der Waals surface area contributed by atoms with Crippen LogP contribution in [0.3, 0.4) is 0 Å². The molecule has 0 aliphatic carbocycles. The number of carbonyl (C=O) groups is 1. The van der Waals surface area contributed by atoms with E-state index in [4.69, 9.17) is 19.2 Å². The number of aliphatic imine (C=N–C) groups is 1. The highest BCUT2D eigenvalue weighted by atomic mass is 32.2. The van der Waals surface area contributed by atoms with Crippen LogP contribution < -0.4 is 4.74 Å². The predicted octanol–water partition coefficient (Wildman–Crippen LogP) is 6.81. The van der Waals surface area contributed by atoms with Gasteiger partial charge in [-0.25, -0.2) is 14.8 Å². The van der Waals surface area contributed by atoms with E-state index in [0.29, 0.717) is 28.9 Å². The molecule has 1 aromatic heterocycles. The van der Waals surface area contributed by atoms with Crippen molar-refractivity contribution < 1.29 is 32.2 Å². The summed E-state index contributed by atoms with van der Waals surface area (Å²) in [4.78, 5) is 21.8. The number of methoxy groups -OCH3 is 1. The summed E-state index contributed by atoms with van der Waals surface area (Å²) in [5.41, 5.74) is 2.65. The summed E-state index contributed by atoms with van der Waals surface area (Å²) < 4.78 is 58.1. The molecule has 220 valence electrons. The van der Waals surface area contributed by atoms with E-state index < -0.39 is 17.7 Å².